The molecule has 52 heavy (non-hydrogen) atoms. The van der Waals surface area contributed by atoms with Gasteiger partial charge < -0.3 is 20.1 Å². The molecule has 0 fully saturated rings. The van der Waals surface area contributed by atoms with Crippen LogP contribution in [0.4, 0.5) is 0 Å². The molecule has 0 amide bonds. The van der Waals surface area contributed by atoms with E-state index in [1.54, 1.807) is 0 Å². The van der Waals surface area contributed by atoms with Crippen molar-refractivity contribution in [2.75, 3.05) is 33.0 Å². The molecule has 0 aromatic rings. The Labute approximate surface area is 320 Å². The quantitative estimate of drug-likeness (QED) is 0.0275. The highest BCUT2D eigenvalue weighted by Crippen LogP contribution is 2.43. The number of rotatable bonds is 40. The summed E-state index contributed by atoms with van der Waals surface area (Å²) in [6.45, 7) is 4.75. The largest absolute Gasteiger partial charge is 0.472 e. The molecule has 0 saturated heterocycles. The second-order valence-electron chi connectivity index (χ2n) is 13.8. The van der Waals surface area contributed by atoms with Crippen molar-refractivity contribution in [1.82, 2.24) is 0 Å². The van der Waals surface area contributed by atoms with Gasteiger partial charge in [0.25, 0.3) is 0 Å². The van der Waals surface area contributed by atoms with E-state index in [4.69, 9.17) is 24.3 Å². The van der Waals surface area contributed by atoms with Gasteiger partial charge in [-0.15, -0.1) is 0 Å². The van der Waals surface area contributed by atoms with Gasteiger partial charge in [0, 0.05) is 19.6 Å². The minimum atomic E-state index is -4.28. The van der Waals surface area contributed by atoms with Crippen LogP contribution in [0.2, 0.25) is 0 Å². The number of phosphoric acid groups is 1. The summed E-state index contributed by atoms with van der Waals surface area (Å²) in [7, 11) is -4.28. The van der Waals surface area contributed by atoms with Gasteiger partial charge in [-0.25, -0.2) is 4.57 Å². The van der Waals surface area contributed by atoms with Gasteiger partial charge in [-0.1, -0.05) is 152 Å². The van der Waals surface area contributed by atoms with E-state index in [0.717, 1.165) is 70.6 Å². The number of ether oxygens (including phenoxy) is 2. The van der Waals surface area contributed by atoms with Crippen LogP contribution in [0.15, 0.2) is 48.6 Å². The Morgan fingerprint density at radius 1 is 0.596 bits per heavy atom. The Hall–Kier alpha value is -1.54. The summed E-state index contributed by atoms with van der Waals surface area (Å²) in [6.07, 6.45) is 47.0. The smallest absolute Gasteiger partial charge is 0.457 e. The molecule has 0 radical (unpaired) electrons. The number of esters is 1. The van der Waals surface area contributed by atoms with Crippen LogP contribution in [0.25, 0.3) is 0 Å². The third kappa shape index (κ3) is 39.7. The van der Waals surface area contributed by atoms with E-state index in [-0.39, 0.29) is 32.3 Å². The van der Waals surface area contributed by atoms with Crippen LogP contribution in [0.5, 0.6) is 0 Å². The predicted molar refractivity (Wildman–Crippen MR) is 219 cm³/mol. The average Bonchev–Trinajstić information content (AvgIpc) is 3.13. The van der Waals surface area contributed by atoms with Crippen molar-refractivity contribution in [3.63, 3.8) is 0 Å². The van der Waals surface area contributed by atoms with Crippen LogP contribution in [-0.2, 0) is 27.9 Å². The number of unbranched alkanes of at least 4 members (excludes halogenated alkanes) is 19. The lowest BCUT2D eigenvalue weighted by molar-refractivity contribution is -0.154. The van der Waals surface area contributed by atoms with Gasteiger partial charge in [0.15, 0.2) is 0 Å². The number of carbonyl (C=O) groups is 1. The second kappa shape index (κ2) is 40.6. The molecular weight excluding hydrogens is 673 g/mol. The minimum Gasteiger partial charge on any atom is -0.457 e. The van der Waals surface area contributed by atoms with E-state index in [1.165, 1.54) is 89.9 Å². The fraction of sp³-hybridized carbons (Fsp3) is 0.791. The van der Waals surface area contributed by atoms with Crippen molar-refractivity contribution < 1.29 is 32.8 Å². The first-order valence-electron chi connectivity index (χ1n) is 21.1. The molecule has 304 valence electrons. The number of nitrogens with two attached hydrogens (primary N) is 1. The summed E-state index contributed by atoms with van der Waals surface area (Å²) in [6, 6.07) is 0. The van der Waals surface area contributed by atoms with Gasteiger partial charge in [-0.3, -0.25) is 13.8 Å². The number of carbonyl (C=O) groups excluding carboxylic acids is 1. The molecule has 0 rings (SSSR count). The molecule has 8 nitrogen and oxygen atoms in total. The predicted octanol–water partition coefficient (Wildman–Crippen LogP) is 12.4. The second-order valence-corrected chi connectivity index (χ2v) is 15.3. The summed E-state index contributed by atoms with van der Waals surface area (Å²) < 4.78 is 33.4. The zero-order valence-corrected chi connectivity index (χ0v) is 34.4. The molecular formula is C43H80NO7P. The summed E-state index contributed by atoms with van der Waals surface area (Å²) in [5.41, 5.74) is 5.36. The lowest BCUT2D eigenvalue weighted by Crippen LogP contribution is -2.28. The number of hydrogen-bond donors (Lipinski definition) is 2. The minimum absolute atomic E-state index is 0.0948. The molecule has 0 aliphatic carbocycles. The maximum Gasteiger partial charge on any atom is 0.472 e. The Morgan fingerprint density at radius 2 is 1.08 bits per heavy atom. The first-order chi connectivity index (χ1) is 25.4. The summed E-state index contributed by atoms with van der Waals surface area (Å²) in [5, 5.41) is 0. The maximum absolute atomic E-state index is 12.6. The summed E-state index contributed by atoms with van der Waals surface area (Å²) in [4.78, 5) is 22.5. The third-order valence-electron chi connectivity index (χ3n) is 8.73. The van der Waals surface area contributed by atoms with E-state index in [2.05, 4.69) is 62.5 Å². The first-order valence-corrected chi connectivity index (χ1v) is 22.6. The van der Waals surface area contributed by atoms with Crippen molar-refractivity contribution in [1.29, 1.82) is 0 Å². The Morgan fingerprint density at radius 3 is 1.63 bits per heavy atom. The highest BCUT2D eigenvalue weighted by atomic mass is 31.2. The van der Waals surface area contributed by atoms with Crippen LogP contribution in [-0.4, -0.2) is 49.9 Å². The molecule has 0 bridgehead atoms. The van der Waals surface area contributed by atoms with Gasteiger partial charge in [0.1, 0.15) is 6.10 Å². The molecule has 0 heterocycles. The van der Waals surface area contributed by atoms with Gasteiger partial charge in [0.05, 0.1) is 19.8 Å². The molecule has 0 saturated carbocycles. The first kappa shape index (κ1) is 50.5. The molecule has 9 heteroatoms. The Balaban J connectivity index is 4.06. The molecule has 2 unspecified atom stereocenters. The molecule has 0 aromatic carbocycles. The number of allylic oxidation sites excluding steroid dienone is 8. The molecule has 3 N–H and O–H groups in total. The zero-order valence-electron chi connectivity index (χ0n) is 33.5. The van der Waals surface area contributed by atoms with E-state index < -0.39 is 13.9 Å². The van der Waals surface area contributed by atoms with Crippen molar-refractivity contribution in [3.05, 3.63) is 48.6 Å². The summed E-state index contributed by atoms with van der Waals surface area (Å²) in [5.74, 6) is -0.342. The fourth-order valence-electron chi connectivity index (χ4n) is 5.65. The zero-order chi connectivity index (χ0) is 38.1. The van der Waals surface area contributed by atoms with Crippen molar-refractivity contribution in [3.8, 4) is 0 Å². The van der Waals surface area contributed by atoms with E-state index >= 15 is 0 Å². The van der Waals surface area contributed by atoms with Crippen molar-refractivity contribution in [2.24, 2.45) is 5.73 Å². The van der Waals surface area contributed by atoms with Crippen LogP contribution >= 0.6 is 7.82 Å². The summed E-state index contributed by atoms with van der Waals surface area (Å²) >= 11 is 0. The van der Waals surface area contributed by atoms with Gasteiger partial charge in [0.2, 0.25) is 0 Å². The fourth-order valence-corrected chi connectivity index (χ4v) is 6.42. The Bertz CT molecular complexity index is 936. The van der Waals surface area contributed by atoms with E-state index in [9.17, 15) is 14.3 Å². The maximum atomic E-state index is 12.6. The van der Waals surface area contributed by atoms with Gasteiger partial charge >= 0.3 is 13.8 Å². The van der Waals surface area contributed by atoms with Gasteiger partial charge in [-0.05, 0) is 70.6 Å². The number of hydrogen-bond acceptors (Lipinski definition) is 7. The monoisotopic (exact) mass is 754 g/mol. The van der Waals surface area contributed by atoms with Crippen LogP contribution in [0, 0.1) is 0 Å². The van der Waals surface area contributed by atoms with Crippen molar-refractivity contribution in [2.45, 2.75) is 187 Å². The van der Waals surface area contributed by atoms with Crippen LogP contribution in [0.3, 0.4) is 0 Å². The molecule has 0 aliphatic rings. The van der Waals surface area contributed by atoms with Crippen molar-refractivity contribution >= 4 is 13.8 Å². The lowest BCUT2D eigenvalue weighted by Gasteiger charge is -2.20. The average molecular weight is 754 g/mol. The topological polar surface area (TPSA) is 117 Å². The molecule has 0 spiro atoms. The highest BCUT2D eigenvalue weighted by molar-refractivity contribution is 7.47. The number of phosphoric ester groups is 1. The Kier molecular flexibility index (Phi) is 39.4. The normalized spacial score (nSPS) is 14.0. The van der Waals surface area contributed by atoms with Crippen LogP contribution < -0.4 is 5.73 Å². The van der Waals surface area contributed by atoms with E-state index in [0.29, 0.717) is 13.0 Å². The van der Waals surface area contributed by atoms with Crippen LogP contribution in [0.1, 0.15) is 181 Å². The molecule has 2 atom stereocenters. The highest BCUT2D eigenvalue weighted by Gasteiger charge is 2.25. The standard InChI is InChI=1S/C43H80NO7P/c1-3-5-7-9-11-13-15-17-19-20-21-22-23-24-26-28-30-32-34-36-43(45)51-42(41-50-52(46,47)49-39-37-44)40-48-38-35-33-31-29-27-25-18-16-14-12-10-8-6-4-2/h6,8,12,14,17-19,25,42H,3-5,7,9-11,13,15-16,20-24,26-41,44H2,1-2H3,(H,46,47)/b8-6-,14-12-,19-17-,25-18-. The SMILES string of the molecule is CC/C=C\C/C=C\C/C=C\CCCCCCOCC(COP(=O)(O)OCCN)OC(=O)CCCCCCCCCCC/C=C\CCCCCCCC. The van der Waals surface area contributed by atoms with E-state index in [1.807, 2.05) is 0 Å². The lowest BCUT2D eigenvalue weighted by atomic mass is 10.1. The third-order valence-corrected chi connectivity index (χ3v) is 9.71. The van der Waals surface area contributed by atoms with Gasteiger partial charge in [-0.2, -0.15) is 0 Å². The molecule has 0 aliphatic heterocycles. The molecule has 0 aromatic heterocycles.